The van der Waals surface area contributed by atoms with Crippen molar-refractivity contribution >= 4 is 0 Å². The summed E-state index contributed by atoms with van der Waals surface area (Å²) in [6.45, 7) is 5.83. The van der Waals surface area contributed by atoms with Gasteiger partial charge in [0.05, 0.1) is 6.61 Å². The fourth-order valence-corrected chi connectivity index (χ4v) is 2.19. The summed E-state index contributed by atoms with van der Waals surface area (Å²) in [4.78, 5) is 2.14. The summed E-state index contributed by atoms with van der Waals surface area (Å²) in [5, 5.41) is 8.97. The Morgan fingerprint density at radius 1 is 1.31 bits per heavy atom. The maximum atomic E-state index is 13.8. The number of nitrogens with zero attached hydrogens (tertiary/aromatic N) is 1. The topological polar surface area (TPSA) is 23.5 Å². The van der Waals surface area contributed by atoms with Crippen LogP contribution in [-0.4, -0.2) is 41.9 Å². The summed E-state index contributed by atoms with van der Waals surface area (Å²) in [5.41, 5.74) is -1.34. The number of likely N-dealkylation sites (tertiary alicyclic amines) is 1. The second-order valence-corrected chi connectivity index (χ2v) is 4.60. The zero-order valence-corrected chi connectivity index (χ0v) is 10.9. The van der Waals surface area contributed by atoms with Crippen molar-refractivity contribution in [3.63, 3.8) is 0 Å². The first-order chi connectivity index (χ1) is 7.20. The van der Waals surface area contributed by atoms with Crippen molar-refractivity contribution in [1.29, 1.82) is 0 Å². The van der Waals surface area contributed by atoms with E-state index in [1.165, 1.54) is 6.42 Å². The van der Waals surface area contributed by atoms with Crippen LogP contribution >= 0.6 is 0 Å². The molecular formula is C12H23CoFNO-. The van der Waals surface area contributed by atoms with Gasteiger partial charge in [0.2, 0.25) is 0 Å². The van der Waals surface area contributed by atoms with Crippen LogP contribution in [0, 0.1) is 6.92 Å². The summed E-state index contributed by atoms with van der Waals surface area (Å²) in [5.74, 6) is 0. The fraction of sp³-hybridized carbons (Fsp3) is 0.917. The first-order valence-electron chi connectivity index (χ1n) is 6.01. The molecule has 1 heterocycles. The summed E-state index contributed by atoms with van der Waals surface area (Å²) in [7, 11) is 0. The Morgan fingerprint density at radius 2 is 2.06 bits per heavy atom. The van der Waals surface area contributed by atoms with Crippen LogP contribution in [0.1, 0.15) is 38.5 Å². The van der Waals surface area contributed by atoms with Crippen molar-refractivity contribution in [2.45, 2.75) is 44.2 Å². The van der Waals surface area contributed by atoms with Crippen LogP contribution in [0.2, 0.25) is 0 Å². The van der Waals surface area contributed by atoms with Crippen LogP contribution in [0.5, 0.6) is 0 Å². The number of halogens is 1. The molecule has 0 aromatic heterocycles. The van der Waals surface area contributed by atoms with Crippen LogP contribution in [0.3, 0.4) is 0 Å². The van der Waals surface area contributed by atoms with Crippen molar-refractivity contribution in [2.75, 3.05) is 26.2 Å². The van der Waals surface area contributed by atoms with Gasteiger partial charge in [-0.3, -0.25) is 0 Å². The van der Waals surface area contributed by atoms with Crippen molar-refractivity contribution in [2.24, 2.45) is 0 Å². The van der Waals surface area contributed by atoms with Crippen LogP contribution in [0.25, 0.3) is 0 Å². The van der Waals surface area contributed by atoms with Gasteiger partial charge in [0, 0.05) is 23.3 Å². The van der Waals surface area contributed by atoms with Gasteiger partial charge in [-0.15, -0.1) is 0 Å². The Kier molecular flexibility index (Phi) is 8.64. The number of hydrogen-bond acceptors (Lipinski definition) is 2. The zero-order valence-electron chi connectivity index (χ0n) is 9.88. The van der Waals surface area contributed by atoms with Crippen molar-refractivity contribution in [3.05, 3.63) is 6.92 Å². The average Bonchev–Trinajstić information content (AvgIpc) is 2.25. The van der Waals surface area contributed by atoms with Gasteiger partial charge in [0.15, 0.2) is 0 Å². The second-order valence-electron chi connectivity index (χ2n) is 4.60. The van der Waals surface area contributed by atoms with Crippen LogP contribution in [0.4, 0.5) is 4.39 Å². The number of unbranched alkanes of at least 4 members (excludes halogenated alkanes) is 3. The molecule has 0 saturated carbocycles. The standard InChI is InChI=1S/C12H23FNO.Co/c1-2-3-4-5-8-14-9-6-7-12(13,10-14)11-15;/h15H,1-11H2;/q-1;. The van der Waals surface area contributed by atoms with Gasteiger partial charge >= 0.3 is 0 Å². The van der Waals surface area contributed by atoms with Crippen molar-refractivity contribution in [3.8, 4) is 0 Å². The van der Waals surface area contributed by atoms with Gasteiger partial charge in [-0.25, -0.2) is 4.39 Å². The predicted molar refractivity (Wildman–Crippen MR) is 60.4 cm³/mol. The summed E-state index contributed by atoms with van der Waals surface area (Å²) >= 11 is 0. The quantitative estimate of drug-likeness (QED) is 0.593. The number of rotatable bonds is 6. The van der Waals surface area contributed by atoms with E-state index < -0.39 is 5.67 Å². The molecule has 0 bridgehead atoms. The molecular weight excluding hydrogens is 252 g/mol. The monoisotopic (exact) mass is 275 g/mol. The molecule has 1 saturated heterocycles. The van der Waals surface area contributed by atoms with Gasteiger partial charge < -0.3 is 16.9 Å². The Labute approximate surface area is 109 Å². The molecule has 1 rings (SSSR count). The van der Waals surface area contributed by atoms with Crippen LogP contribution < -0.4 is 0 Å². The molecule has 1 aliphatic heterocycles. The third-order valence-corrected chi connectivity index (χ3v) is 3.11. The van der Waals surface area contributed by atoms with Gasteiger partial charge in [0.25, 0.3) is 0 Å². The SMILES string of the molecule is [CH2-]CCCCCN1CCCC(F)(CO)C1.[Co]. The molecule has 1 N–H and O–H groups in total. The van der Waals surface area contributed by atoms with E-state index in [9.17, 15) is 4.39 Å². The minimum Gasteiger partial charge on any atom is -0.393 e. The van der Waals surface area contributed by atoms with E-state index >= 15 is 0 Å². The number of hydrogen-bond donors (Lipinski definition) is 1. The third kappa shape index (κ3) is 5.62. The number of aliphatic hydroxyl groups excluding tert-OH is 1. The van der Waals surface area contributed by atoms with E-state index in [1.807, 2.05) is 0 Å². The minimum atomic E-state index is -1.34. The molecule has 0 amide bonds. The summed E-state index contributed by atoms with van der Waals surface area (Å²) < 4.78 is 13.8. The van der Waals surface area contributed by atoms with E-state index in [0.29, 0.717) is 13.0 Å². The summed E-state index contributed by atoms with van der Waals surface area (Å²) in [6, 6.07) is 0. The molecule has 0 aliphatic carbocycles. The molecule has 0 aromatic rings. The number of piperidine rings is 1. The van der Waals surface area contributed by atoms with Gasteiger partial charge in [0.1, 0.15) is 5.67 Å². The molecule has 1 radical (unpaired) electrons. The molecule has 99 valence electrons. The molecule has 16 heavy (non-hydrogen) atoms. The normalized spacial score (nSPS) is 26.4. The van der Waals surface area contributed by atoms with Gasteiger partial charge in [-0.2, -0.15) is 6.42 Å². The van der Waals surface area contributed by atoms with E-state index in [4.69, 9.17) is 5.11 Å². The predicted octanol–water partition coefficient (Wildman–Crippen LogP) is 2.17. The maximum Gasteiger partial charge on any atom is 0.146 e. The average molecular weight is 275 g/mol. The number of aliphatic hydroxyl groups is 1. The third-order valence-electron chi connectivity index (χ3n) is 3.11. The fourth-order valence-electron chi connectivity index (χ4n) is 2.19. The molecule has 0 spiro atoms. The van der Waals surface area contributed by atoms with Crippen molar-refractivity contribution < 1.29 is 26.3 Å². The Hall–Kier alpha value is 0.356. The smallest absolute Gasteiger partial charge is 0.146 e. The minimum absolute atomic E-state index is 0. The van der Waals surface area contributed by atoms with Crippen LogP contribution in [-0.2, 0) is 16.8 Å². The van der Waals surface area contributed by atoms with Gasteiger partial charge in [-0.05, 0) is 32.4 Å². The van der Waals surface area contributed by atoms with E-state index in [2.05, 4.69) is 11.8 Å². The molecule has 1 fully saturated rings. The Bertz CT molecular complexity index is 182. The van der Waals surface area contributed by atoms with E-state index in [0.717, 1.165) is 38.8 Å². The summed E-state index contributed by atoms with van der Waals surface area (Å²) in [6.07, 6.45) is 5.83. The largest absolute Gasteiger partial charge is 0.393 e. The molecule has 1 aliphatic rings. The molecule has 1 unspecified atom stereocenters. The number of alkyl halides is 1. The van der Waals surface area contributed by atoms with E-state index in [1.54, 1.807) is 0 Å². The second kappa shape index (κ2) is 8.45. The maximum absolute atomic E-state index is 13.8. The molecule has 2 nitrogen and oxygen atoms in total. The molecule has 4 heteroatoms. The zero-order chi connectivity index (χ0) is 11.1. The first-order valence-corrected chi connectivity index (χ1v) is 6.01. The molecule has 0 aromatic carbocycles. The van der Waals surface area contributed by atoms with E-state index in [-0.39, 0.29) is 23.4 Å². The first kappa shape index (κ1) is 16.4. The molecule has 1 atom stereocenters. The van der Waals surface area contributed by atoms with Crippen molar-refractivity contribution in [1.82, 2.24) is 4.90 Å². The Morgan fingerprint density at radius 3 is 2.69 bits per heavy atom. The van der Waals surface area contributed by atoms with Crippen LogP contribution in [0.15, 0.2) is 0 Å². The Balaban J connectivity index is 0.00000225. The van der Waals surface area contributed by atoms with Gasteiger partial charge in [-0.1, -0.05) is 12.8 Å².